The number of benzene rings is 1. The summed E-state index contributed by atoms with van der Waals surface area (Å²) in [6.07, 6.45) is 0.688. The van der Waals surface area contributed by atoms with Crippen LogP contribution in [0.15, 0.2) is 12.1 Å². The van der Waals surface area contributed by atoms with Crippen molar-refractivity contribution in [2.45, 2.75) is 0 Å². The van der Waals surface area contributed by atoms with E-state index >= 15 is 0 Å². The van der Waals surface area contributed by atoms with Gasteiger partial charge in [-0.1, -0.05) is 11.6 Å². The van der Waals surface area contributed by atoms with Crippen molar-refractivity contribution in [2.24, 2.45) is 0 Å². The SMILES string of the molecule is COc1cc(Cl)c2c(C=O)[nH]nc2c1. The minimum absolute atomic E-state index is 0.382. The van der Waals surface area contributed by atoms with E-state index in [1.807, 2.05) is 0 Å². The van der Waals surface area contributed by atoms with Gasteiger partial charge in [-0.15, -0.1) is 0 Å². The number of halogens is 1. The molecule has 4 nitrogen and oxygen atoms in total. The molecule has 0 amide bonds. The van der Waals surface area contributed by atoms with Crippen LogP contribution in [0.1, 0.15) is 10.5 Å². The predicted molar refractivity (Wildman–Crippen MR) is 53.0 cm³/mol. The summed E-state index contributed by atoms with van der Waals surface area (Å²) in [5.41, 5.74) is 1.00. The van der Waals surface area contributed by atoms with Crippen molar-refractivity contribution < 1.29 is 9.53 Å². The van der Waals surface area contributed by atoms with Gasteiger partial charge in [0.15, 0.2) is 6.29 Å². The zero-order valence-electron chi connectivity index (χ0n) is 7.37. The molecule has 1 heterocycles. The number of carbonyl (C=O) groups excluding carboxylic acids is 1. The molecule has 1 N–H and O–H groups in total. The molecule has 2 aromatic rings. The number of aldehydes is 1. The first kappa shape index (κ1) is 9.02. The molecular formula is C9H7ClN2O2. The van der Waals surface area contributed by atoms with Crippen LogP contribution in [0.4, 0.5) is 0 Å². The number of carbonyl (C=O) groups is 1. The second kappa shape index (κ2) is 3.31. The van der Waals surface area contributed by atoms with E-state index in [1.165, 1.54) is 0 Å². The molecule has 0 radical (unpaired) electrons. The summed E-state index contributed by atoms with van der Waals surface area (Å²) in [4.78, 5) is 10.6. The van der Waals surface area contributed by atoms with Crippen molar-refractivity contribution >= 4 is 28.8 Å². The quantitative estimate of drug-likeness (QED) is 0.772. The highest BCUT2D eigenvalue weighted by atomic mass is 35.5. The standard InChI is InChI=1S/C9H7ClN2O2/c1-14-5-2-6(10)9-7(3-5)11-12-8(9)4-13/h2-4H,1H3,(H,11,12). The number of hydrogen-bond acceptors (Lipinski definition) is 3. The summed E-state index contributed by atoms with van der Waals surface area (Å²) in [5.74, 6) is 0.617. The van der Waals surface area contributed by atoms with Crippen LogP contribution in [-0.4, -0.2) is 23.6 Å². The molecule has 1 aromatic heterocycles. The van der Waals surface area contributed by atoms with E-state index in [9.17, 15) is 4.79 Å². The number of aromatic amines is 1. The van der Waals surface area contributed by atoms with Crippen molar-refractivity contribution in [1.29, 1.82) is 0 Å². The van der Waals surface area contributed by atoms with Gasteiger partial charge in [0.05, 0.1) is 17.6 Å². The highest BCUT2D eigenvalue weighted by molar-refractivity contribution is 6.36. The van der Waals surface area contributed by atoms with Gasteiger partial charge in [-0.3, -0.25) is 9.89 Å². The summed E-state index contributed by atoms with van der Waals surface area (Å²) in [5, 5.41) is 7.62. The van der Waals surface area contributed by atoms with Gasteiger partial charge in [0, 0.05) is 11.5 Å². The number of rotatable bonds is 2. The van der Waals surface area contributed by atoms with Gasteiger partial charge in [-0.25, -0.2) is 0 Å². The fraction of sp³-hybridized carbons (Fsp3) is 0.111. The van der Waals surface area contributed by atoms with E-state index in [4.69, 9.17) is 16.3 Å². The highest BCUT2D eigenvalue weighted by Gasteiger charge is 2.10. The third-order valence-electron chi connectivity index (χ3n) is 1.96. The maximum absolute atomic E-state index is 10.6. The second-order valence-electron chi connectivity index (χ2n) is 2.76. The summed E-state index contributed by atoms with van der Waals surface area (Å²) in [6, 6.07) is 3.36. The Balaban J connectivity index is 2.78. The maximum atomic E-state index is 10.6. The molecule has 5 heteroatoms. The molecule has 0 aliphatic heterocycles. The lowest BCUT2D eigenvalue weighted by molar-refractivity contribution is 0.112. The van der Waals surface area contributed by atoms with E-state index in [1.54, 1.807) is 19.2 Å². The fourth-order valence-electron chi connectivity index (χ4n) is 1.30. The fourth-order valence-corrected chi connectivity index (χ4v) is 1.61. The Labute approximate surface area is 84.8 Å². The Bertz CT molecular complexity index is 493. The summed E-state index contributed by atoms with van der Waals surface area (Å²) >= 11 is 5.97. The van der Waals surface area contributed by atoms with Crippen LogP contribution in [0.3, 0.4) is 0 Å². The van der Waals surface area contributed by atoms with Crippen LogP contribution in [-0.2, 0) is 0 Å². The van der Waals surface area contributed by atoms with Crippen LogP contribution in [0.25, 0.3) is 10.9 Å². The Morgan fingerprint density at radius 2 is 2.36 bits per heavy atom. The second-order valence-corrected chi connectivity index (χ2v) is 3.17. The number of nitrogens with zero attached hydrogens (tertiary/aromatic N) is 1. The summed E-state index contributed by atoms with van der Waals surface area (Å²) in [7, 11) is 1.55. The Morgan fingerprint density at radius 3 is 3.00 bits per heavy atom. The van der Waals surface area contributed by atoms with E-state index in [-0.39, 0.29) is 0 Å². The number of hydrogen-bond donors (Lipinski definition) is 1. The van der Waals surface area contributed by atoms with Crippen molar-refractivity contribution in [3.05, 3.63) is 22.8 Å². The van der Waals surface area contributed by atoms with Crippen LogP contribution < -0.4 is 4.74 Å². The number of H-pyrrole nitrogens is 1. The van der Waals surface area contributed by atoms with Gasteiger partial charge in [0.1, 0.15) is 11.4 Å². The molecule has 0 atom stereocenters. The molecule has 0 saturated carbocycles. The van der Waals surface area contributed by atoms with Gasteiger partial charge in [0.2, 0.25) is 0 Å². The van der Waals surface area contributed by atoms with Crippen LogP contribution >= 0.6 is 11.6 Å². The molecule has 1 aromatic carbocycles. The third-order valence-corrected chi connectivity index (χ3v) is 2.26. The third kappa shape index (κ3) is 1.24. The van der Waals surface area contributed by atoms with Crippen molar-refractivity contribution in [3.63, 3.8) is 0 Å². The smallest absolute Gasteiger partial charge is 0.168 e. The summed E-state index contributed by atoms with van der Waals surface area (Å²) in [6.45, 7) is 0. The first-order valence-electron chi connectivity index (χ1n) is 3.93. The van der Waals surface area contributed by atoms with Gasteiger partial charge in [-0.2, -0.15) is 5.10 Å². The largest absolute Gasteiger partial charge is 0.497 e. The van der Waals surface area contributed by atoms with E-state index < -0.39 is 0 Å². The molecule has 14 heavy (non-hydrogen) atoms. The predicted octanol–water partition coefficient (Wildman–Crippen LogP) is 2.04. The first-order valence-corrected chi connectivity index (χ1v) is 4.31. The van der Waals surface area contributed by atoms with Crippen molar-refractivity contribution in [3.8, 4) is 5.75 Å². The molecule has 0 spiro atoms. The zero-order valence-corrected chi connectivity index (χ0v) is 8.13. The Kier molecular flexibility index (Phi) is 2.13. The van der Waals surface area contributed by atoms with Gasteiger partial charge < -0.3 is 4.74 Å². The lowest BCUT2D eigenvalue weighted by atomic mass is 10.2. The normalized spacial score (nSPS) is 10.4. The van der Waals surface area contributed by atoms with Crippen LogP contribution in [0.2, 0.25) is 5.02 Å². The topological polar surface area (TPSA) is 55.0 Å². The minimum Gasteiger partial charge on any atom is -0.497 e. The zero-order chi connectivity index (χ0) is 10.1. The molecular weight excluding hydrogens is 204 g/mol. The molecule has 0 aliphatic rings. The lowest BCUT2D eigenvalue weighted by Gasteiger charge is -2.00. The molecule has 72 valence electrons. The molecule has 0 fully saturated rings. The number of aromatic nitrogens is 2. The molecule has 2 rings (SSSR count). The highest BCUT2D eigenvalue weighted by Crippen LogP contribution is 2.29. The maximum Gasteiger partial charge on any atom is 0.168 e. The van der Waals surface area contributed by atoms with Crippen LogP contribution in [0.5, 0.6) is 5.75 Å². The van der Waals surface area contributed by atoms with E-state index in [2.05, 4.69) is 10.2 Å². The molecule has 0 saturated heterocycles. The first-order chi connectivity index (χ1) is 6.76. The molecule has 0 bridgehead atoms. The van der Waals surface area contributed by atoms with E-state index in [0.29, 0.717) is 33.7 Å². The average Bonchev–Trinajstić information content (AvgIpc) is 2.61. The van der Waals surface area contributed by atoms with E-state index in [0.717, 1.165) is 0 Å². The monoisotopic (exact) mass is 210 g/mol. The molecule has 0 aliphatic carbocycles. The van der Waals surface area contributed by atoms with Crippen molar-refractivity contribution in [1.82, 2.24) is 10.2 Å². The number of methoxy groups -OCH3 is 1. The van der Waals surface area contributed by atoms with Gasteiger partial charge in [0.25, 0.3) is 0 Å². The minimum atomic E-state index is 0.382. The average molecular weight is 211 g/mol. The lowest BCUT2D eigenvalue weighted by Crippen LogP contribution is -1.84. The van der Waals surface area contributed by atoms with Gasteiger partial charge in [-0.05, 0) is 6.07 Å². The summed E-state index contributed by atoms with van der Waals surface area (Å²) < 4.78 is 5.02. The Hall–Kier alpha value is -1.55. The number of nitrogens with one attached hydrogen (secondary N) is 1. The Morgan fingerprint density at radius 1 is 1.57 bits per heavy atom. The van der Waals surface area contributed by atoms with Crippen LogP contribution in [0, 0.1) is 0 Å². The number of ether oxygens (including phenoxy) is 1. The number of fused-ring (bicyclic) bond motifs is 1. The van der Waals surface area contributed by atoms with Crippen molar-refractivity contribution in [2.75, 3.05) is 7.11 Å². The molecule has 0 unspecified atom stereocenters. The van der Waals surface area contributed by atoms with Gasteiger partial charge >= 0.3 is 0 Å².